The van der Waals surface area contributed by atoms with Crippen molar-refractivity contribution in [2.75, 3.05) is 16.0 Å². The molecule has 4 aromatic rings. The van der Waals surface area contributed by atoms with Gasteiger partial charge in [-0.25, -0.2) is 9.37 Å². The number of nitrogens with zero attached hydrogens (tertiary/aromatic N) is 5. The van der Waals surface area contributed by atoms with Crippen LogP contribution in [0.5, 0.6) is 0 Å². The molecule has 0 fully saturated rings. The number of fused-ring (bicyclic) bond motifs is 1. The largest absolute Gasteiger partial charge is 0.384 e. The quantitative estimate of drug-likeness (QED) is 0.286. The summed E-state index contributed by atoms with van der Waals surface area (Å²) in [4.78, 5) is 31.8. The first-order chi connectivity index (χ1) is 19.4. The number of nitriles is 1. The number of anilines is 2. The number of carbonyl (C=O) groups excluding carboxylic acids is 2. The molecule has 3 N–H and O–H groups in total. The van der Waals surface area contributed by atoms with Gasteiger partial charge >= 0.3 is 0 Å². The molecule has 2 aliphatic rings. The topological polar surface area (TPSA) is 138 Å². The molecule has 0 saturated carbocycles. The summed E-state index contributed by atoms with van der Waals surface area (Å²) in [7, 11) is 0. The number of ketones is 1. The number of nitrogens with one attached hydrogen (secondary N) is 1. The van der Waals surface area contributed by atoms with Crippen LogP contribution in [-0.4, -0.2) is 32.6 Å². The van der Waals surface area contributed by atoms with Gasteiger partial charge in [-0.1, -0.05) is 64.8 Å². The monoisotopic (exact) mass is 589 g/mol. The number of hydrogen-bond acceptors (Lipinski definition) is 11. The number of nitrogens with two attached hydrogens (primary N) is 1. The molecule has 0 spiro atoms. The summed E-state index contributed by atoms with van der Waals surface area (Å²) in [5.41, 5.74) is 8.62. The number of hydrogen-bond donors (Lipinski definition) is 2. The third-order valence-electron chi connectivity index (χ3n) is 6.58. The smallest absolute Gasteiger partial charge is 0.236 e. The first kappa shape index (κ1) is 26.1. The minimum atomic E-state index is -0.891. The fraction of sp³-hybridized carbons (Fsp3) is 0.185. The van der Waals surface area contributed by atoms with E-state index in [0.717, 1.165) is 10.2 Å². The Morgan fingerprint density at radius 3 is 2.77 bits per heavy atom. The van der Waals surface area contributed by atoms with Crippen LogP contribution in [0.25, 0.3) is 10.2 Å². The molecule has 2 aromatic carbocycles. The van der Waals surface area contributed by atoms with Crippen molar-refractivity contribution >= 4 is 66.6 Å². The second-order valence-electron chi connectivity index (χ2n) is 9.01. The highest BCUT2D eigenvalue weighted by molar-refractivity contribution is 8.01. The van der Waals surface area contributed by atoms with Crippen LogP contribution in [0.2, 0.25) is 0 Å². The third-order valence-corrected chi connectivity index (χ3v) is 9.58. The standard InChI is InChI=1S/C27H20FN7O2S3/c28-16-7-2-1-6-14(16)22-15(12-29)24(30)35(18-9-5-10-19(36)23(18)22)26-33-34-27(40-26)38-13-21(37)32-25-31-17-8-3-4-11-20(17)39-25/h1-4,6-8,11,22H,5,9-10,13,30H2,(H,31,32,37). The van der Waals surface area contributed by atoms with Gasteiger partial charge < -0.3 is 11.1 Å². The van der Waals surface area contributed by atoms with Gasteiger partial charge in [0.05, 0.1) is 33.5 Å². The van der Waals surface area contributed by atoms with Crippen LogP contribution in [-0.2, 0) is 9.59 Å². The number of halogens is 1. The first-order valence-electron chi connectivity index (χ1n) is 12.3. The van der Waals surface area contributed by atoms with Gasteiger partial charge in [0.15, 0.2) is 15.3 Å². The minimum absolute atomic E-state index is 0.0821. The van der Waals surface area contributed by atoms with E-state index < -0.39 is 11.7 Å². The van der Waals surface area contributed by atoms with Crippen LogP contribution >= 0.6 is 34.4 Å². The highest BCUT2D eigenvalue weighted by Gasteiger charge is 2.42. The highest BCUT2D eigenvalue weighted by atomic mass is 32.2. The summed E-state index contributed by atoms with van der Waals surface area (Å²) in [6, 6.07) is 15.9. The van der Waals surface area contributed by atoms with Crippen molar-refractivity contribution in [1.29, 1.82) is 5.26 Å². The second kappa shape index (κ2) is 10.8. The molecule has 9 nitrogen and oxygen atoms in total. The Balaban J connectivity index is 1.25. The Kier molecular flexibility index (Phi) is 7.05. The molecule has 1 amide bonds. The van der Waals surface area contributed by atoms with E-state index in [9.17, 15) is 19.2 Å². The van der Waals surface area contributed by atoms with Gasteiger partial charge in [0, 0.05) is 23.3 Å². The number of para-hydroxylation sites is 1. The van der Waals surface area contributed by atoms with Crippen LogP contribution in [0.15, 0.2) is 75.5 Å². The zero-order valence-corrected chi connectivity index (χ0v) is 23.2. The Bertz CT molecular complexity index is 1740. The molecule has 200 valence electrons. The number of carbonyl (C=O) groups is 2. The fourth-order valence-corrected chi connectivity index (χ4v) is 7.45. The summed E-state index contributed by atoms with van der Waals surface area (Å²) in [5.74, 6) is -1.61. The maximum atomic E-state index is 14.9. The van der Waals surface area contributed by atoms with Gasteiger partial charge in [-0.3, -0.25) is 14.5 Å². The summed E-state index contributed by atoms with van der Waals surface area (Å²) in [5, 5.41) is 22.3. The van der Waals surface area contributed by atoms with E-state index >= 15 is 0 Å². The molecule has 40 heavy (non-hydrogen) atoms. The van der Waals surface area contributed by atoms with Gasteiger partial charge in [0.2, 0.25) is 11.0 Å². The molecule has 1 atom stereocenters. The van der Waals surface area contributed by atoms with Crippen LogP contribution in [0.3, 0.4) is 0 Å². The number of thioether (sulfide) groups is 1. The predicted molar refractivity (Wildman–Crippen MR) is 153 cm³/mol. The number of rotatable bonds is 6. The van der Waals surface area contributed by atoms with Crippen LogP contribution in [0.4, 0.5) is 14.7 Å². The minimum Gasteiger partial charge on any atom is -0.384 e. The van der Waals surface area contributed by atoms with Gasteiger partial charge in [0.1, 0.15) is 11.6 Å². The SMILES string of the molecule is N#CC1=C(N)N(c2nnc(SCC(=O)Nc3nc4ccccc4s3)s2)C2=C(C(=O)CCC2)C1c1ccccc1F. The Labute approximate surface area is 240 Å². The predicted octanol–water partition coefficient (Wildman–Crippen LogP) is 5.32. The third kappa shape index (κ3) is 4.74. The zero-order chi connectivity index (χ0) is 27.8. The van der Waals surface area contributed by atoms with Crippen molar-refractivity contribution in [2.45, 2.75) is 29.5 Å². The average Bonchev–Trinajstić information content (AvgIpc) is 3.58. The number of thiazole rings is 1. The summed E-state index contributed by atoms with van der Waals surface area (Å²) < 4.78 is 16.4. The lowest BCUT2D eigenvalue weighted by Crippen LogP contribution is -2.38. The van der Waals surface area contributed by atoms with Gasteiger partial charge in [-0.15, -0.1) is 10.2 Å². The van der Waals surface area contributed by atoms with Crippen molar-refractivity contribution in [3.8, 4) is 6.07 Å². The number of benzene rings is 2. The molecule has 0 saturated heterocycles. The van der Waals surface area contributed by atoms with Gasteiger partial charge in [-0.05, 0) is 31.0 Å². The van der Waals surface area contributed by atoms with Gasteiger partial charge in [-0.2, -0.15) is 5.26 Å². The van der Waals surface area contributed by atoms with Crippen LogP contribution in [0, 0.1) is 17.1 Å². The lowest BCUT2D eigenvalue weighted by atomic mass is 9.75. The molecule has 0 bridgehead atoms. The Morgan fingerprint density at radius 1 is 1.18 bits per heavy atom. The van der Waals surface area contributed by atoms with E-state index in [1.54, 1.807) is 23.1 Å². The normalized spacial score (nSPS) is 17.2. The van der Waals surface area contributed by atoms with Crippen molar-refractivity contribution in [3.05, 3.63) is 82.6 Å². The van der Waals surface area contributed by atoms with Crippen LogP contribution in [0.1, 0.15) is 30.7 Å². The maximum Gasteiger partial charge on any atom is 0.236 e. The van der Waals surface area contributed by atoms with E-state index in [2.05, 4.69) is 26.6 Å². The van der Waals surface area contributed by atoms with E-state index in [-0.39, 0.29) is 34.4 Å². The van der Waals surface area contributed by atoms with Crippen molar-refractivity contribution < 1.29 is 14.0 Å². The lowest BCUT2D eigenvalue weighted by molar-refractivity contribution is -0.116. The highest BCUT2D eigenvalue weighted by Crippen LogP contribution is 2.47. The van der Waals surface area contributed by atoms with Gasteiger partial charge in [0.25, 0.3) is 0 Å². The molecule has 3 heterocycles. The molecule has 13 heteroatoms. The summed E-state index contributed by atoms with van der Waals surface area (Å²) in [6.45, 7) is 0. The number of allylic oxidation sites excluding steroid dienone is 3. The Hall–Kier alpha value is -4.12. The zero-order valence-electron chi connectivity index (χ0n) is 20.8. The lowest BCUT2D eigenvalue weighted by Gasteiger charge is -2.38. The van der Waals surface area contributed by atoms with E-state index in [1.165, 1.54) is 40.5 Å². The molecule has 1 aliphatic heterocycles. The molecule has 6 rings (SSSR count). The number of aromatic nitrogens is 3. The number of amides is 1. The molecule has 1 unspecified atom stereocenters. The van der Waals surface area contributed by atoms with Crippen molar-refractivity contribution in [2.24, 2.45) is 5.73 Å². The summed E-state index contributed by atoms with van der Waals surface area (Å²) >= 11 is 3.80. The molecule has 0 radical (unpaired) electrons. The molecule has 1 aliphatic carbocycles. The van der Waals surface area contributed by atoms with Crippen molar-refractivity contribution in [3.63, 3.8) is 0 Å². The average molecular weight is 590 g/mol. The summed E-state index contributed by atoms with van der Waals surface area (Å²) in [6.07, 6.45) is 1.41. The second-order valence-corrected chi connectivity index (χ2v) is 12.2. The van der Waals surface area contributed by atoms with Crippen molar-refractivity contribution in [1.82, 2.24) is 15.2 Å². The Morgan fingerprint density at radius 2 is 1.98 bits per heavy atom. The number of Topliss-reactive ketones (excluding diaryl/α,β-unsaturated/α-hetero) is 1. The molecule has 2 aromatic heterocycles. The fourth-order valence-electron chi connectivity index (χ4n) is 4.88. The van der Waals surface area contributed by atoms with E-state index in [0.29, 0.717) is 45.1 Å². The van der Waals surface area contributed by atoms with E-state index in [4.69, 9.17) is 5.73 Å². The maximum absolute atomic E-state index is 14.9. The first-order valence-corrected chi connectivity index (χ1v) is 14.9. The molecular weight excluding hydrogens is 570 g/mol. The van der Waals surface area contributed by atoms with E-state index in [1.807, 2.05) is 24.3 Å². The molecular formula is C27H20FN7O2S3. The van der Waals surface area contributed by atoms with Crippen LogP contribution < -0.4 is 16.0 Å².